The summed E-state index contributed by atoms with van der Waals surface area (Å²) in [6.07, 6.45) is 16.5. The molecule has 0 bridgehead atoms. The van der Waals surface area contributed by atoms with Crippen molar-refractivity contribution in [1.29, 1.82) is 0 Å². The van der Waals surface area contributed by atoms with Crippen LogP contribution < -0.4 is 0 Å². The molecule has 1 rings (SSSR count). The first kappa shape index (κ1) is 27.1. The summed E-state index contributed by atoms with van der Waals surface area (Å²) in [5.41, 5.74) is 0. The highest BCUT2D eigenvalue weighted by Crippen LogP contribution is 2.18. The second-order valence-corrected chi connectivity index (χ2v) is 8.44. The molecule has 1 fully saturated rings. The van der Waals surface area contributed by atoms with Gasteiger partial charge < -0.3 is 24.8 Å². The van der Waals surface area contributed by atoms with Crippen LogP contribution in [0.3, 0.4) is 0 Å². The molecule has 3 N–H and O–H groups in total. The molecule has 0 radical (unpaired) electrons. The summed E-state index contributed by atoms with van der Waals surface area (Å²) in [5, 5.41) is 29.0. The third kappa shape index (κ3) is 12.7. The number of hydrogen-bond donors (Lipinski definition) is 3. The first-order chi connectivity index (χ1) is 14.6. The van der Waals surface area contributed by atoms with E-state index in [0.717, 1.165) is 25.7 Å². The lowest BCUT2D eigenvalue weighted by molar-refractivity contribution is -0.151. The zero-order valence-electron chi connectivity index (χ0n) is 18.8. The highest BCUT2D eigenvalue weighted by molar-refractivity contribution is 5.69. The van der Waals surface area contributed by atoms with Crippen LogP contribution in [0.25, 0.3) is 0 Å². The van der Waals surface area contributed by atoms with Gasteiger partial charge in [-0.15, -0.1) is 0 Å². The molecule has 0 aromatic heterocycles. The zero-order valence-corrected chi connectivity index (χ0v) is 18.8. The minimum atomic E-state index is -1.15. The summed E-state index contributed by atoms with van der Waals surface area (Å²) in [7, 11) is 0. The quantitative estimate of drug-likeness (QED) is 0.173. The molecule has 6 heteroatoms. The molecule has 1 aliphatic heterocycles. The van der Waals surface area contributed by atoms with Gasteiger partial charge in [-0.05, 0) is 32.1 Å². The van der Waals surface area contributed by atoms with Gasteiger partial charge in [-0.1, -0.05) is 70.4 Å². The van der Waals surface area contributed by atoms with Gasteiger partial charge in [0.05, 0.1) is 6.61 Å². The lowest BCUT2D eigenvalue weighted by Crippen LogP contribution is -2.41. The molecule has 0 aromatic rings. The van der Waals surface area contributed by atoms with E-state index in [2.05, 4.69) is 19.1 Å². The predicted octanol–water partition coefficient (Wildman–Crippen LogP) is 4.05. The molecule has 1 saturated heterocycles. The SMILES string of the molecule is CCCCCCCC/C=C/CCCCCCCC(=O)OCC(O)C1OC[C@H](O)[C@H]1O. The second-order valence-electron chi connectivity index (χ2n) is 8.44. The number of aliphatic hydroxyl groups excluding tert-OH is 3. The summed E-state index contributed by atoms with van der Waals surface area (Å²) in [4.78, 5) is 11.7. The van der Waals surface area contributed by atoms with Crippen LogP contribution in [0.2, 0.25) is 0 Å². The van der Waals surface area contributed by atoms with Gasteiger partial charge in [0.25, 0.3) is 0 Å². The standard InChI is InChI=1S/C24H44O6/c1-2-3-4-5-6-7-8-9-10-11-12-13-14-15-16-17-22(27)29-19-21(26)24-23(28)20(25)18-30-24/h9-10,20-21,23-26,28H,2-8,11-19H2,1H3/b10-9+/t20-,21?,23+,24?/m0/s1. The van der Waals surface area contributed by atoms with Gasteiger partial charge in [-0.3, -0.25) is 4.79 Å². The zero-order chi connectivity index (χ0) is 22.0. The monoisotopic (exact) mass is 428 g/mol. The number of hydrogen-bond acceptors (Lipinski definition) is 6. The number of esters is 1. The predicted molar refractivity (Wildman–Crippen MR) is 118 cm³/mol. The Morgan fingerprint density at radius 3 is 2.10 bits per heavy atom. The maximum atomic E-state index is 11.7. The van der Waals surface area contributed by atoms with Crippen LogP contribution in [-0.2, 0) is 14.3 Å². The van der Waals surface area contributed by atoms with E-state index < -0.39 is 24.4 Å². The molecular weight excluding hydrogens is 384 g/mol. The van der Waals surface area contributed by atoms with Crippen molar-refractivity contribution in [2.45, 2.75) is 121 Å². The van der Waals surface area contributed by atoms with Crippen molar-refractivity contribution in [3.05, 3.63) is 12.2 Å². The Hall–Kier alpha value is -0.950. The van der Waals surface area contributed by atoms with Gasteiger partial charge in [0.1, 0.15) is 31.0 Å². The van der Waals surface area contributed by atoms with Crippen molar-refractivity contribution < 1.29 is 29.6 Å². The van der Waals surface area contributed by atoms with E-state index >= 15 is 0 Å². The highest BCUT2D eigenvalue weighted by Gasteiger charge is 2.39. The number of rotatable bonds is 18. The third-order valence-electron chi connectivity index (χ3n) is 5.63. The van der Waals surface area contributed by atoms with E-state index in [1.807, 2.05) is 0 Å². The molecule has 176 valence electrons. The number of carbonyl (C=O) groups is 1. The number of carbonyl (C=O) groups excluding carboxylic acids is 1. The average Bonchev–Trinajstić information content (AvgIpc) is 3.07. The minimum Gasteiger partial charge on any atom is -0.463 e. The van der Waals surface area contributed by atoms with Crippen LogP contribution in [0, 0.1) is 0 Å². The van der Waals surface area contributed by atoms with Gasteiger partial charge in [0, 0.05) is 6.42 Å². The molecule has 0 spiro atoms. The molecule has 0 saturated carbocycles. The summed E-state index contributed by atoms with van der Waals surface area (Å²) < 4.78 is 10.2. The molecule has 2 unspecified atom stereocenters. The van der Waals surface area contributed by atoms with Crippen LogP contribution >= 0.6 is 0 Å². The molecule has 30 heavy (non-hydrogen) atoms. The van der Waals surface area contributed by atoms with Gasteiger partial charge in [0.15, 0.2) is 0 Å². The highest BCUT2D eigenvalue weighted by atomic mass is 16.6. The van der Waals surface area contributed by atoms with E-state index in [1.54, 1.807) is 0 Å². The number of allylic oxidation sites excluding steroid dienone is 2. The molecule has 1 aliphatic rings. The number of unbranched alkanes of at least 4 members (excludes halogenated alkanes) is 11. The van der Waals surface area contributed by atoms with Crippen molar-refractivity contribution in [2.75, 3.05) is 13.2 Å². The van der Waals surface area contributed by atoms with Crippen LogP contribution in [0.5, 0.6) is 0 Å². The summed E-state index contributed by atoms with van der Waals surface area (Å²) in [6.45, 7) is 2.00. The Balaban J connectivity index is 1.87. The van der Waals surface area contributed by atoms with Crippen molar-refractivity contribution in [3.8, 4) is 0 Å². The van der Waals surface area contributed by atoms with E-state index in [1.165, 1.54) is 57.8 Å². The lowest BCUT2D eigenvalue weighted by atomic mass is 10.1. The van der Waals surface area contributed by atoms with Gasteiger partial charge in [0.2, 0.25) is 0 Å². The molecule has 6 nitrogen and oxygen atoms in total. The summed E-state index contributed by atoms with van der Waals surface area (Å²) >= 11 is 0. The van der Waals surface area contributed by atoms with E-state index in [9.17, 15) is 20.1 Å². The Morgan fingerprint density at radius 1 is 0.967 bits per heavy atom. The topological polar surface area (TPSA) is 96.2 Å². The Bertz CT molecular complexity index is 453. The molecule has 0 aromatic carbocycles. The molecular formula is C24H44O6. The summed E-state index contributed by atoms with van der Waals surface area (Å²) in [6, 6.07) is 0. The van der Waals surface area contributed by atoms with E-state index in [4.69, 9.17) is 9.47 Å². The second kappa shape index (κ2) is 17.7. The van der Waals surface area contributed by atoms with E-state index in [0.29, 0.717) is 6.42 Å². The van der Waals surface area contributed by atoms with Crippen LogP contribution in [-0.4, -0.2) is 58.9 Å². The van der Waals surface area contributed by atoms with Crippen molar-refractivity contribution in [1.82, 2.24) is 0 Å². The van der Waals surface area contributed by atoms with Gasteiger partial charge in [-0.25, -0.2) is 0 Å². The van der Waals surface area contributed by atoms with Gasteiger partial charge >= 0.3 is 5.97 Å². The first-order valence-electron chi connectivity index (χ1n) is 12.0. The first-order valence-corrected chi connectivity index (χ1v) is 12.0. The largest absolute Gasteiger partial charge is 0.463 e. The fraction of sp³-hybridized carbons (Fsp3) is 0.875. The molecule has 0 amide bonds. The Morgan fingerprint density at radius 2 is 1.53 bits per heavy atom. The fourth-order valence-electron chi connectivity index (χ4n) is 3.65. The van der Waals surface area contributed by atoms with Crippen LogP contribution in [0.1, 0.15) is 96.8 Å². The van der Waals surface area contributed by atoms with E-state index in [-0.39, 0.29) is 19.2 Å². The van der Waals surface area contributed by atoms with Crippen LogP contribution in [0.4, 0.5) is 0 Å². The Labute approximate surface area is 182 Å². The lowest BCUT2D eigenvalue weighted by Gasteiger charge is -2.20. The normalized spacial score (nSPS) is 22.6. The minimum absolute atomic E-state index is 0.0221. The smallest absolute Gasteiger partial charge is 0.305 e. The maximum absolute atomic E-state index is 11.7. The van der Waals surface area contributed by atoms with Gasteiger partial charge in [-0.2, -0.15) is 0 Å². The number of ether oxygens (including phenoxy) is 2. The maximum Gasteiger partial charge on any atom is 0.305 e. The Kier molecular flexibility index (Phi) is 16.0. The average molecular weight is 429 g/mol. The third-order valence-corrected chi connectivity index (χ3v) is 5.63. The molecule has 1 heterocycles. The molecule has 0 aliphatic carbocycles. The van der Waals surface area contributed by atoms with Crippen molar-refractivity contribution in [3.63, 3.8) is 0 Å². The van der Waals surface area contributed by atoms with Crippen LogP contribution in [0.15, 0.2) is 12.2 Å². The van der Waals surface area contributed by atoms with Crippen molar-refractivity contribution in [2.24, 2.45) is 0 Å². The molecule has 4 atom stereocenters. The summed E-state index contributed by atoms with van der Waals surface area (Å²) in [5.74, 6) is -0.347. The number of aliphatic hydroxyl groups is 3. The van der Waals surface area contributed by atoms with Crippen molar-refractivity contribution >= 4 is 5.97 Å². The fourth-order valence-corrected chi connectivity index (χ4v) is 3.65.